The molecule has 0 radical (unpaired) electrons. The highest BCUT2D eigenvalue weighted by atomic mass is 16.5. The second-order valence-electron chi connectivity index (χ2n) is 2.55. The topological polar surface area (TPSA) is 117 Å². The summed E-state index contributed by atoms with van der Waals surface area (Å²) in [5.41, 5.74) is 5.60. The third-order valence-electron chi connectivity index (χ3n) is 1.57. The van der Waals surface area contributed by atoms with Gasteiger partial charge in [0.05, 0.1) is 6.61 Å². The zero-order valence-corrected chi connectivity index (χ0v) is 8.19. The molecule has 7 nitrogen and oxygen atoms in total. The van der Waals surface area contributed by atoms with E-state index in [2.05, 4.69) is 15.3 Å². The molecule has 0 saturated carbocycles. The Morgan fingerprint density at radius 1 is 1.60 bits per heavy atom. The first-order valence-corrected chi connectivity index (χ1v) is 4.22. The van der Waals surface area contributed by atoms with Crippen LogP contribution in [0.3, 0.4) is 0 Å². The molecule has 0 spiro atoms. The molecule has 0 aliphatic rings. The summed E-state index contributed by atoms with van der Waals surface area (Å²) in [6.07, 6.45) is 0. The Balaban J connectivity index is 3.09. The molecule has 0 saturated heterocycles. The predicted molar refractivity (Wildman–Crippen MR) is 53.3 cm³/mol. The van der Waals surface area contributed by atoms with E-state index in [1.54, 1.807) is 7.05 Å². The van der Waals surface area contributed by atoms with E-state index >= 15 is 0 Å². The molecule has 1 aromatic rings. The summed E-state index contributed by atoms with van der Waals surface area (Å²) in [5.74, 6) is 0.382. The molecule has 1 heterocycles. The Hall–Kier alpha value is -2.07. The molecule has 4 N–H and O–H groups in total. The van der Waals surface area contributed by atoms with Crippen LogP contribution in [0.1, 0.15) is 5.56 Å². The summed E-state index contributed by atoms with van der Waals surface area (Å²) in [5, 5.41) is 20.1. The van der Waals surface area contributed by atoms with Crippen molar-refractivity contribution in [3.05, 3.63) is 5.56 Å². The summed E-state index contributed by atoms with van der Waals surface area (Å²) >= 11 is 0. The second kappa shape index (κ2) is 4.97. The van der Waals surface area contributed by atoms with Crippen molar-refractivity contribution in [2.75, 3.05) is 31.3 Å². The Kier molecular flexibility index (Phi) is 3.65. The van der Waals surface area contributed by atoms with Crippen LogP contribution in [0.5, 0.6) is 5.88 Å². The van der Waals surface area contributed by atoms with Crippen molar-refractivity contribution in [3.8, 4) is 11.9 Å². The van der Waals surface area contributed by atoms with Crippen LogP contribution >= 0.6 is 0 Å². The minimum absolute atomic E-state index is 0.0461. The van der Waals surface area contributed by atoms with Crippen molar-refractivity contribution in [1.82, 2.24) is 9.97 Å². The minimum atomic E-state index is -0.163. The molecular formula is C8H11N5O2. The number of nitrogens with zero attached hydrogens (tertiary/aromatic N) is 3. The molecule has 80 valence electrons. The third-order valence-corrected chi connectivity index (χ3v) is 1.57. The van der Waals surface area contributed by atoms with Crippen LogP contribution in [0.15, 0.2) is 0 Å². The first-order valence-electron chi connectivity index (χ1n) is 4.22. The van der Waals surface area contributed by atoms with E-state index in [0.717, 1.165) is 0 Å². The summed E-state index contributed by atoms with van der Waals surface area (Å²) < 4.78 is 5.06. The van der Waals surface area contributed by atoms with Crippen molar-refractivity contribution in [2.24, 2.45) is 0 Å². The van der Waals surface area contributed by atoms with E-state index in [1.165, 1.54) is 0 Å². The summed E-state index contributed by atoms with van der Waals surface area (Å²) in [6.45, 7) is -0.113. The molecule has 0 unspecified atom stereocenters. The van der Waals surface area contributed by atoms with Crippen LogP contribution in [-0.4, -0.2) is 35.3 Å². The Morgan fingerprint density at radius 3 is 2.87 bits per heavy atom. The maximum Gasteiger partial charge on any atom is 0.238 e. The van der Waals surface area contributed by atoms with Gasteiger partial charge in [-0.2, -0.15) is 15.2 Å². The number of anilines is 2. The standard InChI is InChI=1S/C8H11N5O2/c1-11-8-12-6(10)5(4-9)7(13-8)15-3-2-14/h14H,2-3H2,1H3,(H3,10,11,12,13). The van der Waals surface area contributed by atoms with Gasteiger partial charge in [-0.25, -0.2) is 0 Å². The van der Waals surface area contributed by atoms with Gasteiger partial charge in [0.1, 0.15) is 12.7 Å². The predicted octanol–water partition coefficient (Wildman–Crippen LogP) is -0.657. The second-order valence-corrected chi connectivity index (χ2v) is 2.55. The first-order chi connectivity index (χ1) is 7.22. The van der Waals surface area contributed by atoms with Gasteiger partial charge in [-0.3, -0.25) is 0 Å². The third kappa shape index (κ3) is 2.45. The van der Waals surface area contributed by atoms with Gasteiger partial charge in [0.2, 0.25) is 11.8 Å². The highest BCUT2D eigenvalue weighted by Gasteiger charge is 2.12. The van der Waals surface area contributed by atoms with Crippen molar-refractivity contribution >= 4 is 11.8 Å². The Bertz CT molecular complexity index is 387. The van der Waals surface area contributed by atoms with Crippen LogP contribution in [0.2, 0.25) is 0 Å². The van der Waals surface area contributed by atoms with Gasteiger partial charge in [0.15, 0.2) is 11.4 Å². The van der Waals surface area contributed by atoms with Gasteiger partial charge in [0.25, 0.3) is 0 Å². The van der Waals surface area contributed by atoms with E-state index < -0.39 is 0 Å². The number of nitrogens with two attached hydrogens (primary N) is 1. The molecule has 0 aliphatic carbocycles. The Labute approximate surface area is 86.5 Å². The molecule has 0 bridgehead atoms. The lowest BCUT2D eigenvalue weighted by Gasteiger charge is -2.08. The molecule has 1 aromatic heterocycles. The van der Waals surface area contributed by atoms with Gasteiger partial charge in [-0.15, -0.1) is 0 Å². The maximum atomic E-state index is 8.79. The van der Waals surface area contributed by atoms with Crippen molar-refractivity contribution in [1.29, 1.82) is 5.26 Å². The number of aliphatic hydroxyl groups is 1. The molecule has 7 heteroatoms. The fourth-order valence-electron chi connectivity index (χ4n) is 0.920. The molecule has 0 aliphatic heterocycles. The van der Waals surface area contributed by atoms with Crippen LogP contribution in [0.4, 0.5) is 11.8 Å². The molecule has 15 heavy (non-hydrogen) atoms. The van der Waals surface area contributed by atoms with Crippen molar-refractivity contribution in [3.63, 3.8) is 0 Å². The number of ether oxygens (including phenoxy) is 1. The van der Waals surface area contributed by atoms with Crippen LogP contribution in [0.25, 0.3) is 0 Å². The minimum Gasteiger partial charge on any atom is -0.474 e. The zero-order chi connectivity index (χ0) is 11.3. The van der Waals surface area contributed by atoms with E-state index in [1.807, 2.05) is 6.07 Å². The summed E-state index contributed by atoms with van der Waals surface area (Å²) in [4.78, 5) is 7.72. The van der Waals surface area contributed by atoms with E-state index in [-0.39, 0.29) is 36.4 Å². The average Bonchev–Trinajstić information content (AvgIpc) is 2.25. The van der Waals surface area contributed by atoms with Gasteiger partial charge < -0.3 is 20.9 Å². The van der Waals surface area contributed by atoms with E-state index in [0.29, 0.717) is 0 Å². The van der Waals surface area contributed by atoms with Gasteiger partial charge in [0, 0.05) is 7.05 Å². The number of aromatic nitrogens is 2. The normalized spacial score (nSPS) is 9.40. The van der Waals surface area contributed by atoms with Crippen LogP contribution in [-0.2, 0) is 0 Å². The molecule has 0 aromatic carbocycles. The number of hydrogen-bond donors (Lipinski definition) is 3. The SMILES string of the molecule is CNc1nc(N)c(C#N)c(OCCO)n1. The van der Waals surface area contributed by atoms with Gasteiger partial charge in [-0.05, 0) is 0 Å². The number of nitrogen functional groups attached to an aromatic ring is 1. The lowest BCUT2D eigenvalue weighted by Crippen LogP contribution is -2.09. The number of nitrogens with one attached hydrogen (secondary N) is 1. The average molecular weight is 209 g/mol. The van der Waals surface area contributed by atoms with Crippen molar-refractivity contribution in [2.45, 2.75) is 0 Å². The number of hydrogen-bond acceptors (Lipinski definition) is 7. The number of nitriles is 1. The fraction of sp³-hybridized carbons (Fsp3) is 0.375. The molecule has 0 amide bonds. The monoisotopic (exact) mass is 209 g/mol. The lowest BCUT2D eigenvalue weighted by atomic mass is 10.3. The first kappa shape index (κ1) is 11.0. The highest BCUT2D eigenvalue weighted by Crippen LogP contribution is 2.21. The van der Waals surface area contributed by atoms with E-state index in [4.69, 9.17) is 20.8 Å². The molecule has 1 rings (SSSR count). The largest absolute Gasteiger partial charge is 0.474 e. The summed E-state index contributed by atoms with van der Waals surface area (Å²) in [7, 11) is 1.62. The lowest BCUT2D eigenvalue weighted by molar-refractivity contribution is 0.196. The van der Waals surface area contributed by atoms with Gasteiger partial charge in [-0.1, -0.05) is 0 Å². The maximum absolute atomic E-state index is 8.79. The highest BCUT2D eigenvalue weighted by molar-refractivity contribution is 5.56. The smallest absolute Gasteiger partial charge is 0.238 e. The fourth-order valence-corrected chi connectivity index (χ4v) is 0.920. The number of rotatable bonds is 4. The van der Waals surface area contributed by atoms with Crippen LogP contribution < -0.4 is 15.8 Å². The summed E-state index contributed by atoms with van der Waals surface area (Å²) in [6, 6.07) is 1.84. The van der Waals surface area contributed by atoms with Crippen molar-refractivity contribution < 1.29 is 9.84 Å². The molecule has 0 fully saturated rings. The number of aliphatic hydroxyl groups excluding tert-OH is 1. The molecular weight excluding hydrogens is 198 g/mol. The zero-order valence-electron chi connectivity index (χ0n) is 8.19. The quantitative estimate of drug-likeness (QED) is 0.602. The van der Waals surface area contributed by atoms with E-state index in [9.17, 15) is 0 Å². The van der Waals surface area contributed by atoms with Crippen LogP contribution in [0, 0.1) is 11.3 Å². The molecule has 0 atom stereocenters. The van der Waals surface area contributed by atoms with Gasteiger partial charge >= 0.3 is 0 Å². The Morgan fingerprint density at radius 2 is 2.33 bits per heavy atom.